The molecule has 1 aromatic heterocycles. The van der Waals surface area contributed by atoms with E-state index in [0.717, 1.165) is 52.0 Å². The smallest absolute Gasteiger partial charge is 0.0741 e. The number of rotatable bonds is 5. The van der Waals surface area contributed by atoms with Crippen molar-refractivity contribution in [2.75, 3.05) is 33.4 Å². The Balaban J connectivity index is 1.46. The van der Waals surface area contributed by atoms with E-state index in [1.165, 1.54) is 18.4 Å². The highest BCUT2D eigenvalue weighted by Gasteiger charge is 2.39. The van der Waals surface area contributed by atoms with Gasteiger partial charge in [-0.2, -0.15) is 5.10 Å². The van der Waals surface area contributed by atoms with Gasteiger partial charge in [-0.15, -0.1) is 0 Å². The zero-order valence-electron chi connectivity index (χ0n) is 14.0. The first kappa shape index (κ1) is 16.0. The molecular formula is C17H29N3O2. The first-order valence-corrected chi connectivity index (χ1v) is 8.56. The van der Waals surface area contributed by atoms with Gasteiger partial charge in [0.1, 0.15) is 0 Å². The lowest BCUT2D eigenvalue weighted by Crippen LogP contribution is -2.50. The van der Waals surface area contributed by atoms with Gasteiger partial charge in [0.05, 0.1) is 11.8 Å². The highest BCUT2D eigenvalue weighted by Crippen LogP contribution is 2.35. The molecule has 0 unspecified atom stereocenters. The van der Waals surface area contributed by atoms with E-state index in [2.05, 4.69) is 23.2 Å². The van der Waals surface area contributed by atoms with Gasteiger partial charge in [0.2, 0.25) is 0 Å². The van der Waals surface area contributed by atoms with Gasteiger partial charge in [0.25, 0.3) is 0 Å². The third-order valence-corrected chi connectivity index (χ3v) is 5.23. The molecular weight excluding hydrogens is 278 g/mol. The molecule has 2 saturated heterocycles. The lowest BCUT2D eigenvalue weighted by molar-refractivity contribution is -0.149. The van der Waals surface area contributed by atoms with Crippen LogP contribution in [0.2, 0.25) is 0 Å². The predicted molar refractivity (Wildman–Crippen MR) is 85.9 cm³/mol. The van der Waals surface area contributed by atoms with Gasteiger partial charge in [-0.25, -0.2) is 0 Å². The Morgan fingerprint density at radius 1 is 1.36 bits per heavy atom. The molecule has 2 aliphatic rings. The van der Waals surface area contributed by atoms with Gasteiger partial charge in [0.15, 0.2) is 0 Å². The molecule has 1 spiro atoms. The van der Waals surface area contributed by atoms with E-state index in [1.54, 1.807) is 0 Å². The molecule has 2 aliphatic heterocycles. The van der Waals surface area contributed by atoms with Crippen LogP contribution in [0.3, 0.4) is 0 Å². The second-order valence-corrected chi connectivity index (χ2v) is 6.90. The molecule has 22 heavy (non-hydrogen) atoms. The van der Waals surface area contributed by atoms with E-state index in [9.17, 15) is 0 Å². The number of nitrogens with zero attached hydrogens (tertiary/aromatic N) is 3. The summed E-state index contributed by atoms with van der Waals surface area (Å²) < 4.78 is 13.5. The van der Waals surface area contributed by atoms with E-state index in [-0.39, 0.29) is 5.60 Å². The minimum atomic E-state index is 0.0960. The minimum absolute atomic E-state index is 0.0960. The minimum Gasteiger partial charge on any atom is -0.381 e. The molecule has 0 aromatic carbocycles. The molecule has 3 rings (SSSR count). The molecule has 0 saturated carbocycles. The normalized spacial score (nSPS) is 25.0. The summed E-state index contributed by atoms with van der Waals surface area (Å²) in [5.41, 5.74) is 1.43. The van der Waals surface area contributed by atoms with Crippen molar-refractivity contribution in [3.63, 3.8) is 0 Å². The Kier molecular flexibility index (Phi) is 5.16. The highest BCUT2D eigenvalue weighted by molar-refractivity contribution is 5.03. The van der Waals surface area contributed by atoms with Crippen molar-refractivity contribution in [1.29, 1.82) is 0 Å². The number of aryl methyl sites for hydroxylation is 2. The maximum atomic E-state index is 6.15. The van der Waals surface area contributed by atoms with Crippen LogP contribution in [0.1, 0.15) is 37.7 Å². The summed E-state index contributed by atoms with van der Waals surface area (Å²) in [7, 11) is 4.25. The van der Waals surface area contributed by atoms with E-state index in [1.807, 2.05) is 17.9 Å². The summed E-state index contributed by atoms with van der Waals surface area (Å²) in [6.45, 7) is 3.76. The molecule has 1 aromatic rings. The van der Waals surface area contributed by atoms with E-state index < -0.39 is 0 Å². The third kappa shape index (κ3) is 3.89. The molecule has 124 valence electrons. The average Bonchev–Trinajstić information content (AvgIpc) is 2.93. The Labute approximate surface area is 133 Å². The second kappa shape index (κ2) is 7.11. The van der Waals surface area contributed by atoms with Gasteiger partial charge in [-0.1, -0.05) is 0 Å². The molecule has 3 heterocycles. The van der Waals surface area contributed by atoms with E-state index >= 15 is 0 Å². The fourth-order valence-electron chi connectivity index (χ4n) is 3.79. The molecule has 5 heteroatoms. The van der Waals surface area contributed by atoms with Crippen LogP contribution >= 0.6 is 0 Å². The van der Waals surface area contributed by atoms with Crippen molar-refractivity contribution in [1.82, 2.24) is 14.7 Å². The summed E-state index contributed by atoms with van der Waals surface area (Å²) in [6, 6.07) is 0.653. The maximum absolute atomic E-state index is 6.15. The van der Waals surface area contributed by atoms with Crippen molar-refractivity contribution in [2.24, 2.45) is 7.05 Å². The van der Waals surface area contributed by atoms with Crippen molar-refractivity contribution >= 4 is 0 Å². The number of aromatic nitrogens is 2. The first-order valence-electron chi connectivity index (χ1n) is 8.56. The lowest BCUT2D eigenvalue weighted by atomic mass is 9.83. The predicted octanol–water partition coefficient (Wildman–Crippen LogP) is 2.01. The average molecular weight is 307 g/mol. The molecule has 0 amide bonds. The third-order valence-electron chi connectivity index (χ3n) is 5.23. The van der Waals surface area contributed by atoms with Crippen molar-refractivity contribution < 1.29 is 9.47 Å². The Hall–Kier alpha value is -0.910. The number of hydrogen-bond acceptors (Lipinski definition) is 4. The number of ether oxygens (including phenoxy) is 2. The van der Waals surface area contributed by atoms with Gasteiger partial charge in [-0.05, 0) is 57.7 Å². The fourth-order valence-corrected chi connectivity index (χ4v) is 3.79. The molecule has 2 fully saturated rings. The molecule has 0 bridgehead atoms. The largest absolute Gasteiger partial charge is 0.381 e. The summed E-state index contributed by atoms with van der Waals surface area (Å²) in [6.07, 6.45) is 10.8. The Morgan fingerprint density at radius 3 is 2.91 bits per heavy atom. The van der Waals surface area contributed by atoms with Crippen LogP contribution in [0.5, 0.6) is 0 Å². The summed E-state index contributed by atoms with van der Waals surface area (Å²) in [5, 5.41) is 4.24. The molecule has 5 nitrogen and oxygen atoms in total. The lowest BCUT2D eigenvalue weighted by Gasteiger charge is -2.45. The van der Waals surface area contributed by atoms with Crippen LogP contribution in [0.25, 0.3) is 0 Å². The van der Waals surface area contributed by atoms with E-state index in [4.69, 9.17) is 9.47 Å². The topological polar surface area (TPSA) is 39.5 Å². The highest BCUT2D eigenvalue weighted by atomic mass is 16.5. The van der Waals surface area contributed by atoms with Crippen molar-refractivity contribution in [3.05, 3.63) is 18.0 Å². The molecule has 0 radical (unpaired) electrons. The molecule has 0 aliphatic carbocycles. The molecule has 0 N–H and O–H groups in total. The molecule has 1 atom stereocenters. The fraction of sp³-hybridized carbons (Fsp3) is 0.824. The SMILES string of the molecule is CN(CCCc1cnn(C)c1)[C@H]1CCOC2(CCOCC2)C1. The maximum Gasteiger partial charge on any atom is 0.0741 e. The van der Waals surface area contributed by atoms with E-state index in [0.29, 0.717) is 6.04 Å². The van der Waals surface area contributed by atoms with Crippen LogP contribution in [-0.4, -0.2) is 59.7 Å². The summed E-state index contributed by atoms with van der Waals surface area (Å²) >= 11 is 0. The van der Waals surface area contributed by atoms with Gasteiger partial charge in [-0.3, -0.25) is 4.68 Å². The van der Waals surface area contributed by atoms with Crippen molar-refractivity contribution in [2.45, 2.75) is 50.2 Å². The first-order chi connectivity index (χ1) is 10.7. The summed E-state index contributed by atoms with van der Waals surface area (Å²) in [5.74, 6) is 0. The van der Waals surface area contributed by atoms with Gasteiger partial charge < -0.3 is 14.4 Å². The zero-order chi connectivity index (χ0) is 15.4. The Morgan fingerprint density at radius 2 is 2.18 bits per heavy atom. The quantitative estimate of drug-likeness (QED) is 0.834. The van der Waals surface area contributed by atoms with Crippen LogP contribution < -0.4 is 0 Å². The second-order valence-electron chi connectivity index (χ2n) is 6.90. The van der Waals surface area contributed by atoms with Gasteiger partial charge >= 0.3 is 0 Å². The zero-order valence-corrected chi connectivity index (χ0v) is 14.0. The van der Waals surface area contributed by atoms with Crippen LogP contribution in [0.15, 0.2) is 12.4 Å². The monoisotopic (exact) mass is 307 g/mol. The summed E-state index contributed by atoms with van der Waals surface area (Å²) in [4.78, 5) is 2.54. The van der Waals surface area contributed by atoms with Crippen molar-refractivity contribution in [3.8, 4) is 0 Å². The van der Waals surface area contributed by atoms with Gasteiger partial charge in [0, 0.05) is 39.1 Å². The van der Waals surface area contributed by atoms with Crippen LogP contribution in [-0.2, 0) is 22.9 Å². The van der Waals surface area contributed by atoms with Crippen LogP contribution in [0, 0.1) is 0 Å². The standard InChI is InChI=1S/C17H29N3O2/c1-19(8-3-4-15-13-18-20(2)14-15)16-5-9-22-17(12-16)6-10-21-11-7-17/h13-14,16H,3-12H2,1-2H3/t16-/m0/s1. The number of hydrogen-bond donors (Lipinski definition) is 0. The van der Waals surface area contributed by atoms with Crippen LogP contribution in [0.4, 0.5) is 0 Å². The Bertz CT molecular complexity index is 463.